The first-order chi connectivity index (χ1) is 6.65. The summed E-state index contributed by atoms with van der Waals surface area (Å²) in [7, 11) is 0. The fraction of sp³-hybridized carbons (Fsp3) is 0.667. The highest BCUT2D eigenvalue weighted by Gasteiger charge is 2.24. The van der Waals surface area contributed by atoms with Crippen LogP contribution in [0.3, 0.4) is 0 Å². The maximum absolute atomic E-state index is 3.60. The van der Waals surface area contributed by atoms with E-state index in [2.05, 4.69) is 37.1 Å². The van der Waals surface area contributed by atoms with Crippen molar-refractivity contribution in [2.24, 2.45) is 5.92 Å². The SMILES string of the molecule is Cc1cc(CNC2CC(C)C2)c(C)[nH]1. The summed E-state index contributed by atoms with van der Waals surface area (Å²) in [5, 5.41) is 3.60. The van der Waals surface area contributed by atoms with Gasteiger partial charge in [0.05, 0.1) is 0 Å². The molecule has 1 saturated carbocycles. The minimum atomic E-state index is 0.764. The van der Waals surface area contributed by atoms with Crippen LogP contribution in [0.4, 0.5) is 0 Å². The van der Waals surface area contributed by atoms with Gasteiger partial charge >= 0.3 is 0 Å². The minimum Gasteiger partial charge on any atom is -0.362 e. The Hall–Kier alpha value is -0.760. The summed E-state index contributed by atoms with van der Waals surface area (Å²) < 4.78 is 0. The molecule has 1 aliphatic carbocycles. The van der Waals surface area contributed by atoms with E-state index in [9.17, 15) is 0 Å². The Bertz CT molecular complexity index is 308. The molecular formula is C12H20N2. The minimum absolute atomic E-state index is 0.764. The molecule has 0 spiro atoms. The predicted octanol–water partition coefficient (Wildman–Crippen LogP) is 2.52. The number of aryl methyl sites for hydroxylation is 2. The average Bonchev–Trinajstić information content (AvgIpc) is 2.37. The van der Waals surface area contributed by atoms with Gasteiger partial charge in [-0.2, -0.15) is 0 Å². The van der Waals surface area contributed by atoms with Crippen molar-refractivity contribution in [2.45, 2.75) is 46.2 Å². The third-order valence-corrected chi connectivity index (χ3v) is 3.21. The standard InChI is InChI=1S/C12H20N2/c1-8-4-12(5-8)13-7-11-6-9(2)14-10(11)3/h6,8,12-14H,4-5,7H2,1-3H3. The lowest BCUT2D eigenvalue weighted by Gasteiger charge is -2.33. The second-order valence-corrected chi connectivity index (χ2v) is 4.76. The zero-order chi connectivity index (χ0) is 10.1. The maximum Gasteiger partial charge on any atom is 0.0225 e. The van der Waals surface area contributed by atoms with Gasteiger partial charge < -0.3 is 10.3 Å². The van der Waals surface area contributed by atoms with Crippen LogP contribution in [-0.4, -0.2) is 11.0 Å². The second-order valence-electron chi connectivity index (χ2n) is 4.76. The normalized spacial score (nSPS) is 26.2. The molecule has 1 aromatic heterocycles. The summed E-state index contributed by atoms with van der Waals surface area (Å²) in [6, 6.07) is 3.00. The highest BCUT2D eigenvalue weighted by molar-refractivity contribution is 5.24. The van der Waals surface area contributed by atoms with Crippen LogP contribution in [0.1, 0.15) is 36.7 Å². The first-order valence-electron chi connectivity index (χ1n) is 5.53. The third kappa shape index (κ3) is 2.01. The molecule has 1 aliphatic rings. The third-order valence-electron chi connectivity index (χ3n) is 3.21. The molecule has 1 aromatic rings. The van der Waals surface area contributed by atoms with Gasteiger partial charge in [0, 0.05) is 24.0 Å². The number of rotatable bonds is 3. The fourth-order valence-electron chi connectivity index (χ4n) is 2.29. The molecule has 1 fully saturated rings. The topological polar surface area (TPSA) is 27.8 Å². The van der Waals surface area contributed by atoms with E-state index in [-0.39, 0.29) is 0 Å². The predicted molar refractivity (Wildman–Crippen MR) is 59.3 cm³/mol. The van der Waals surface area contributed by atoms with Crippen LogP contribution in [0.25, 0.3) is 0 Å². The van der Waals surface area contributed by atoms with Crippen molar-refractivity contribution >= 4 is 0 Å². The van der Waals surface area contributed by atoms with Gasteiger partial charge in [-0.15, -0.1) is 0 Å². The summed E-state index contributed by atoms with van der Waals surface area (Å²) in [6.07, 6.45) is 2.70. The number of aromatic amines is 1. The first-order valence-corrected chi connectivity index (χ1v) is 5.53. The van der Waals surface area contributed by atoms with Crippen molar-refractivity contribution in [1.29, 1.82) is 0 Å². The Morgan fingerprint density at radius 1 is 1.43 bits per heavy atom. The van der Waals surface area contributed by atoms with Crippen LogP contribution in [-0.2, 0) is 6.54 Å². The number of H-pyrrole nitrogens is 1. The van der Waals surface area contributed by atoms with Crippen LogP contribution >= 0.6 is 0 Å². The molecule has 0 aromatic carbocycles. The van der Waals surface area contributed by atoms with Crippen molar-refractivity contribution < 1.29 is 0 Å². The Labute approximate surface area is 86.1 Å². The van der Waals surface area contributed by atoms with E-state index in [0.29, 0.717) is 0 Å². The molecule has 2 nitrogen and oxygen atoms in total. The van der Waals surface area contributed by atoms with Crippen molar-refractivity contribution in [3.05, 3.63) is 23.0 Å². The molecule has 14 heavy (non-hydrogen) atoms. The monoisotopic (exact) mass is 192 g/mol. The van der Waals surface area contributed by atoms with Crippen LogP contribution in [0, 0.1) is 19.8 Å². The smallest absolute Gasteiger partial charge is 0.0225 e. The van der Waals surface area contributed by atoms with E-state index < -0.39 is 0 Å². The summed E-state index contributed by atoms with van der Waals surface area (Å²) >= 11 is 0. The van der Waals surface area contributed by atoms with E-state index in [4.69, 9.17) is 0 Å². The number of nitrogens with one attached hydrogen (secondary N) is 2. The lowest BCUT2D eigenvalue weighted by Crippen LogP contribution is -2.39. The van der Waals surface area contributed by atoms with Crippen molar-refractivity contribution in [1.82, 2.24) is 10.3 Å². The Morgan fingerprint density at radius 3 is 2.64 bits per heavy atom. The fourth-order valence-corrected chi connectivity index (χ4v) is 2.29. The number of aromatic nitrogens is 1. The van der Waals surface area contributed by atoms with Crippen LogP contribution in [0.15, 0.2) is 6.07 Å². The van der Waals surface area contributed by atoms with Gasteiger partial charge in [-0.3, -0.25) is 0 Å². The molecule has 0 radical (unpaired) electrons. The zero-order valence-corrected chi connectivity index (χ0v) is 9.35. The van der Waals surface area contributed by atoms with E-state index in [1.165, 1.54) is 29.8 Å². The molecule has 2 N–H and O–H groups in total. The first kappa shape index (κ1) is 9.78. The summed E-state index contributed by atoms with van der Waals surface area (Å²) in [6.45, 7) is 7.60. The Morgan fingerprint density at radius 2 is 2.14 bits per heavy atom. The highest BCUT2D eigenvalue weighted by Crippen LogP contribution is 2.26. The van der Waals surface area contributed by atoms with Gasteiger partial charge in [-0.25, -0.2) is 0 Å². The van der Waals surface area contributed by atoms with Gasteiger partial charge in [0.1, 0.15) is 0 Å². The molecule has 0 atom stereocenters. The van der Waals surface area contributed by atoms with Gasteiger partial charge in [-0.05, 0) is 44.2 Å². The second kappa shape index (κ2) is 3.77. The Kier molecular flexibility index (Phi) is 2.64. The van der Waals surface area contributed by atoms with Crippen molar-refractivity contribution in [3.63, 3.8) is 0 Å². The average molecular weight is 192 g/mol. The van der Waals surface area contributed by atoms with E-state index in [1.54, 1.807) is 0 Å². The summed E-state index contributed by atoms with van der Waals surface area (Å²) in [5.41, 5.74) is 3.99. The molecule has 2 rings (SSSR count). The summed E-state index contributed by atoms with van der Waals surface area (Å²) in [5.74, 6) is 0.932. The van der Waals surface area contributed by atoms with Gasteiger partial charge in [0.25, 0.3) is 0 Å². The molecule has 0 bridgehead atoms. The van der Waals surface area contributed by atoms with E-state index >= 15 is 0 Å². The van der Waals surface area contributed by atoms with Gasteiger partial charge in [0.2, 0.25) is 0 Å². The largest absolute Gasteiger partial charge is 0.362 e. The van der Waals surface area contributed by atoms with Crippen LogP contribution < -0.4 is 5.32 Å². The lowest BCUT2D eigenvalue weighted by molar-refractivity contribution is 0.240. The quantitative estimate of drug-likeness (QED) is 0.756. The summed E-state index contributed by atoms with van der Waals surface area (Å²) in [4.78, 5) is 3.34. The highest BCUT2D eigenvalue weighted by atomic mass is 14.9. The molecule has 78 valence electrons. The molecule has 0 saturated heterocycles. The zero-order valence-electron chi connectivity index (χ0n) is 9.35. The van der Waals surface area contributed by atoms with Gasteiger partial charge in [0.15, 0.2) is 0 Å². The Balaban J connectivity index is 1.83. The maximum atomic E-state index is 3.60. The van der Waals surface area contributed by atoms with Crippen molar-refractivity contribution in [3.8, 4) is 0 Å². The molecular weight excluding hydrogens is 172 g/mol. The van der Waals surface area contributed by atoms with Gasteiger partial charge in [-0.1, -0.05) is 6.92 Å². The molecule has 0 unspecified atom stereocenters. The molecule has 1 heterocycles. The number of hydrogen-bond acceptors (Lipinski definition) is 1. The molecule has 2 heteroatoms. The van der Waals surface area contributed by atoms with E-state index in [0.717, 1.165) is 18.5 Å². The van der Waals surface area contributed by atoms with Crippen molar-refractivity contribution in [2.75, 3.05) is 0 Å². The lowest BCUT2D eigenvalue weighted by atomic mass is 9.82. The molecule has 0 amide bonds. The van der Waals surface area contributed by atoms with E-state index in [1.807, 2.05) is 0 Å². The van der Waals surface area contributed by atoms with Crippen LogP contribution in [0.2, 0.25) is 0 Å². The molecule has 0 aliphatic heterocycles. The van der Waals surface area contributed by atoms with Crippen LogP contribution in [0.5, 0.6) is 0 Å². The number of hydrogen-bond donors (Lipinski definition) is 2.